The third-order valence-corrected chi connectivity index (χ3v) is 2.65. The summed E-state index contributed by atoms with van der Waals surface area (Å²) in [5.41, 5.74) is 0.913. The van der Waals surface area contributed by atoms with Crippen molar-refractivity contribution in [2.45, 2.75) is 19.4 Å². The van der Waals surface area contributed by atoms with Crippen LogP contribution in [0.5, 0.6) is 0 Å². The quantitative estimate of drug-likeness (QED) is 0.773. The van der Waals surface area contributed by atoms with E-state index in [4.69, 9.17) is 5.11 Å². The fourth-order valence-electron chi connectivity index (χ4n) is 1.76. The number of nitrogens with zero attached hydrogens (tertiary/aromatic N) is 1. The zero-order chi connectivity index (χ0) is 11.7. The van der Waals surface area contributed by atoms with Gasteiger partial charge in [0.25, 0.3) is 11.8 Å². The Hall–Kier alpha value is -1.68. The molecule has 0 spiro atoms. The van der Waals surface area contributed by atoms with E-state index >= 15 is 0 Å². The minimum Gasteiger partial charge on any atom is -0.393 e. The third kappa shape index (κ3) is 1.72. The van der Waals surface area contributed by atoms with Gasteiger partial charge in [0.2, 0.25) is 0 Å². The summed E-state index contributed by atoms with van der Waals surface area (Å²) in [6.07, 6.45) is -0.102. The number of imide groups is 1. The summed E-state index contributed by atoms with van der Waals surface area (Å²) in [5, 5.41) is 9.15. The van der Waals surface area contributed by atoms with E-state index in [9.17, 15) is 9.59 Å². The Bertz CT molecular complexity index is 405. The van der Waals surface area contributed by atoms with Crippen LogP contribution in [0.3, 0.4) is 0 Å². The molecular formula is C12H13NO3. The second-order valence-corrected chi connectivity index (χ2v) is 3.95. The molecule has 1 heterocycles. The SMILES string of the molecule is CC(O)CCN1C(=O)c2ccccc2C1=O. The molecule has 0 aromatic heterocycles. The van der Waals surface area contributed by atoms with Gasteiger partial charge < -0.3 is 5.11 Å². The molecule has 0 saturated heterocycles. The minimum atomic E-state index is -0.510. The van der Waals surface area contributed by atoms with E-state index in [-0.39, 0.29) is 18.4 Å². The third-order valence-electron chi connectivity index (χ3n) is 2.65. The number of amides is 2. The van der Waals surface area contributed by atoms with Crippen molar-refractivity contribution in [3.05, 3.63) is 35.4 Å². The first-order valence-corrected chi connectivity index (χ1v) is 5.24. The Labute approximate surface area is 93.5 Å². The highest BCUT2D eigenvalue weighted by Crippen LogP contribution is 2.22. The molecule has 0 fully saturated rings. The maximum absolute atomic E-state index is 11.8. The van der Waals surface area contributed by atoms with Crippen molar-refractivity contribution in [1.82, 2.24) is 4.90 Å². The van der Waals surface area contributed by atoms with Gasteiger partial charge in [-0.1, -0.05) is 12.1 Å². The lowest BCUT2D eigenvalue weighted by atomic mass is 10.1. The van der Waals surface area contributed by atoms with Crippen molar-refractivity contribution < 1.29 is 14.7 Å². The van der Waals surface area contributed by atoms with Crippen LogP contribution >= 0.6 is 0 Å². The fourth-order valence-corrected chi connectivity index (χ4v) is 1.76. The summed E-state index contributed by atoms with van der Waals surface area (Å²) in [6, 6.07) is 6.78. The molecule has 84 valence electrons. The topological polar surface area (TPSA) is 57.6 Å². The summed E-state index contributed by atoms with van der Waals surface area (Å²) in [6.45, 7) is 1.90. The van der Waals surface area contributed by atoms with Gasteiger partial charge in [-0.05, 0) is 25.5 Å². The summed E-state index contributed by atoms with van der Waals surface area (Å²) >= 11 is 0. The molecule has 16 heavy (non-hydrogen) atoms. The van der Waals surface area contributed by atoms with Crippen molar-refractivity contribution in [1.29, 1.82) is 0 Å². The zero-order valence-electron chi connectivity index (χ0n) is 9.01. The van der Waals surface area contributed by atoms with Crippen LogP contribution in [0, 0.1) is 0 Å². The van der Waals surface area contributed by atoms with Crippen LogP contribution in [0.15, 0.2) is 24.3 Å². The molecule has 1 N–H and O–H groups in total. The molecule has 0 radical (unpaired) electrons. The molecule has 0 aliphatic carbocycles. The second-order valence-electron chi connectivity index (χ2n) is 3.95. The normalized spacial score (nSPS) is 16.5. The standard InChI is InChI=1S/C12H13NO3/c1-8(14)6-7-13-11(15)9-4-2-3-5-10(9)12(13)16/h2-5,8,14H,6-7H2,1H3. The Morgan fingerprint density at radius 1 is 1.19 bits per heavy atom. The van der Waals surface area contributed by atoms with Gasteiger partial charge in [0.05, 0.1) is 17.2 Å². The number of benzene rings is 1. The molecule has 1 aliphatic rings. The predicted octanol–water partition coefficient (Wildman–Crippen LogP) is 1.05. The Balaban J connectivity index is 2.22. The molecule has 2 amide bonds. The summed E-state index contributed by atoms with van der Waals surface area (Å²) < 4.78 is 0. The van der Waals surface area contributed by atoms with Gasteiger partial charge in [-0.15, -0.1) is 0 Å². The van der Waals surface area contributed by atoms with E-state index in [1.54, 1.807) is 31.2 Å². The lowest BCUT2D eigenvalue weighted by molar-refractivity contribution is 0.0629. The number of carbonyl (C=O) groups excluding carboxylic acids is 2. The first-order valence-electron chi connectivity index (χ1n) is 5.24. The van der Waals surface area contributed by atoms with E-state index in [1.165, 1.54) is 4.90 Å². The number of carbonyl (C=O) groups is 2. The molecule has 0 bridgehead atoms. The summed E-state index contributed by atoms with van der Waals surface area (Å²) in [5.74, 6) is -0.525. The van der Waals surface area contributed by atoms with Crippen LogP contribution in [0.2, 0.25) is 0 Å². The first-order chi connectivity index (χ1) is 7.61. The molecule has 4 heteroatoms. The van der Waals surface area contributed by atoms with Gasteiger partial charge in [-0.3, -0.25) is 14.5 Å². The fraction of sp³-hybridized carbons (Fsp3) is 0.333. The average molecular weight is 219 g/mol. The largest absolute Gasteiger partial charge is 0.393 e. The highest BCUT2D eigenvalue weighted by Gasteiger charge is 2.34. The molecule has 1 aromatic carbocycles. The molecule has 1 unspecified atom stereocenters. The first kappa shape index (κ1) is 10.8. The Morgan fingerprint density at radius 2 is 1.69 bits per heavy atom. The van der Waals surface area contributed by atoms with Crippen LogP contribution < -0.4 is 0 Å². The molecule has 1 aromatic rings. The van der Waals surface area contributed by atoms with Gasteiger partial charge in [-0.25, -0.2) is 0 Å². The van der Waals surface area contributed by atoms with Crippen LogP contribution in [-0.2, 0) is 0 Å². The van der Waals surface area contributed by atoms with Gasteiger partial charge >= 0.3 is 0 Å². The minimum absolute atomic E-state index is 0.263. The van der Waals surface area contributed by atoms with E-state index < -0.39 is 6.10 Å². The molecule has 2 rings (SSSR count). The van der Waals surface area contributed by atoms with E-state index in [0.29, 0.717) is 17.5 Å². The monoisotopic (exact) mass is 219 g/mol. The number of aliphatic hydroxyl groups is 1. The maximum Gasteiger partial charge on any atom is 0.261 e. The average Bonchev–Trinajstić information content (AvgIpc) is 2.50. The summed E-state index contributed by atoms with van der Waals surface area (Å²) in [7, 11) is 0. The van der Waals surface area contributed by atoms with Gasteiger partial charge in [0.15, 0.2) is 0 Å². The van der Waals surface area contributed by atoms with Gasteiger partial charge in [0.1, 0.15) is 0 Å². The van der Waals surface area contributed by atoms with Crippen LogP contribution in [-0.4, -0.2) is 34.5 Å². The van der Waals surface area contributed by atoms with E-state index in [0.717, 1.165) is 0 Å². The highest BCUT2D eigenvalue weighted by atomic mass is 16.3. The van der Waals surface area contributed by atoms with E-state index in [1.807, 2.05) is 0 Å². The van der Waals surface area contributed by atoms with Crippen molar-refractivity contribution in [3.8, 4) is 0 Å². The molecule has 1 atom stereocenters. The molecule has 4 nitrogen and oxygen atoms in total. The van der Waals surface area contributed by atoms with Crippen molar-refractivity contribution in [2.24, 2.45) is 0 Å². The van der Waals surface area contributed by atoms with Crippen molar-refractivity contribution in [2.75, 3.05) is 6.54 Å². The Kier molecular flexibility index (Phi) is 2.75. The van der Waals surface area contributed by atoms with Crippen LogP contribution in [0.4, 0.5) is 0 Å². The maximum atomic E-state index is 11.8. The van der Waals surface area contributed by atoms with Crippen molar-refractivity contribution in [3.63, 3.8) is 0 Å². The highest BCUT2D eigenvalue weighted by molar-refractivity contribution is 6.21. The number of fused-ring (bicyclic) bond motifs is 1. The number of hydrogen-bond acceptors (Lipinski definition) is 3. The Morgan fingerprint density at radius 3 is 2.12 bits per heavy atom. The second kappa shape index (κ2) is 4.06. The predicted molar refractivity (Wildman–Crippen MR) is 58.1 cm³/mol. The lowest BCUT2D eigenvalue weighted by Crippen LogP contribution is -2.32. The molecule has 0 saturated carbocycles. The van der Waals surface area contributed by atoms with Gasteiger partial charge in [-0.2, -0.15) is 0 Å². The van der Waals surface area contributed by atoms with Crippen LogP contribution in [0.25, 0.3) is 0 Å². The zero-order valence-corrected chi connectivity index (χ0v) is 9.01. The number of aliphatic hydroxyl groups excluding tert-OH is 1. The molecule has 1 aliphatic heterocycles. The molecular weight excluding hydrogens is 206 g/mol. The smallest absolute Gasteiger partial charge is 0.261 e. The van der Waals surface area contributed by atoms with Gasteiger partial charge in [0, 0.05) is 6.54 Å². The van der Waals surface area contributed by atoms with Crippen molar-refractivity contribution >= 4 is 11.8 Å². The number of hydrogen-bond donors (Lipinski definition) is 1. The van der Waals surface area contributed by atoms with Crippen LogP contribution in [0.1, 0.15) is 34.1 Å². The lowest BCUT2D eigenvalue weighted by Gasteiger charge is -2.14. The number of rotatable bonds is 3. The van der Waals surface area contributed by atoms with E-state index in [2.05, 4.69) is 0 Å². The summed E-state index contributed by atoms with van der Waals surface area (Å²) in [4.78, 5) is 24.9.